The molecule has 0 radical (unpaired) electrons. The van der Waals surface area contributed by atoms with Gasteiger partial charge < -0.3 is 19.5 Å². The van der Waals surface area contributed by atoms with E-state index >= 15 is 0 Å². The van der Waals surface area contributed by atoms with Crippen LogP contribution in [0.2, 0.25) is 0 Å². The number of nitrogens with one attached hydrogen (secondary N) is 1. The first-order valence-electron chi connectivity index (χ1n) is 6.80. The molecule has 2 heterocycles. The summed E-state index contributed by atoms with van der Waals surface area (Å²) in [6, 6.07) is 8.31. The van der Waals surface area contributed by atoms with Crippen molar-refractivity contribution >= 4 is 17.0 Å². The molecule has 5 nitrogen and oxygen atoms in total. The number of aromatic nitrogens is 2. The van der Waals surface area contributed by atoms with Crippen LogP contribution >= 0.6 is 0 Å². The summed E-state index contributed by atoms with van der Waals surface area (Å²) in [5.74, 6) is 1.07. The lowest BCUT2D eigenvalue weighted by Gasteiger charge is -2.28. The molecular weight excluding hydrogens is 240 g/mol. The van der Waals surface area contributed by atoms with E-state index in [9.17, 15) is 0 Å². The monoisotopic (exact) mass is 260 g/mol. The molecule has 1 aliphatic heterocycles. The van der Waals surface area contributed by atoms with Crippen molar-refractivity contribution in [3.05, 3.63) is 24.3 Å². The molecule has 1 N–H and O–H groups in total. The van der Waals surface area contributed by atoms with Gasteiger partial charge in [-0.2, -0.15) is 0 Å². The molecule has 1 saturated heterocycles. The molecule has 1 aliphatic rings. The lowest BCUT2D eigenvalue weighted by atomic mass is 10.3. The van der Waals surface area contributed by atoms with Crippen LogP contribution in [0, 0.1) is 0 Å². The average molecular weight is 260 g/mol. The number of hydrogen-bond acceptors (Lipinski definition) is 4. The number of imidazole rings is 1. The van der Waals surface area contributed by atoms with Gasteiger partial charge in [0.1, 0.15) is 0 Å². The van der Waals surface area contributed by atoms with Crippen LogP contribution in [-0.4, -0.2) is 49.4 Å². The van der Waals surface area contributed by atoms with Gasteiger partial charge in [0.05, 0.1) is 17.6 Å². The lowest BCUT2D eigenvalue weighted by Crippen LogP contribution is -2.44. The van der Waals surface area contributed by atoms with Crippen LogP contribution in [0.25, 0.3) is 11.0 Å². The Morgan fingerprint density at radius 3 is 2.84 bits per heavy atom. The van der Waals surface area contributed by atoms with E-state index in [4.69, 9.17) is 9.72 Å². The Balaban J connectivity index is 2.00. The van der Waals surface area contributed by atoms with Crippen LogP contribution in [0.15, 0.2) is 24.3 Å². The first kappa shape index (κ1) is 12.4. The van der Waals surface area contributed by atoms with E-state index in [1.165, 1.54) is 5.52 Å². The van der Waals surface area contributed by atoms with Crippen LogP contribution in [0.3, 0.4) is 0 Å². The van der Waals surface area contributed by atoms with Crippen molar-refractivity contribution in [2.45, 2.75) is 6.54 Å². The van der Waals surface area contributed by atoms with Crippen molar-refractivity contribution < 1.29 is 4.74 Å². The third-order valence-corrected chi connectivity index (χ3v) is 3.55. The Morgan fingerprint density at radius 2 is 2.05 bits per heavy atom. The number of rotatable bonds is 4. The molecule has 1 aromatic heterocycles. The average Bonchev–Trinajstić information content (AvgIpc) is 2.85. The SMILES string of the molecule is COCCn1c(N2CCNCC2)nc2ccccc21. The van der Waals surface area contributed by atoms with Gasteiger partial charge in [-0.1, -0.05) is 12.1 Å². The minimum absolute atomic E-state index is 0.708. The minimum atomic E-state index is 0.708. The molecule has 2 aromatic rings. The minimum Gasteiger partial charge on any atom is -0.383 e. The zero-order valence-electron chi connectivity index (χ0n) is 11.3. The highest BCUT2D eigenvalue weighted by atomic mass is 16.5. The topological polar surface area (TPSA) is 42.3 Å². The van der Waals surface area contributed by atoms with Gasteiger partial charge >= 0.3 is 0 Å². The van der Waals surface area contributed by atoms with E-state index in [-0.39, 0.29) is 0 Å². The van der Waals surface area contributed by atoms with Crippen molar-refractivity contribution in [1.82, 2.24) is 14.9 Å². The first-order valence-corrected chi connectivity index (χ1v) is 6.80. The molecule has 0 aliphatic carbocycles. The lowest BCUT2D eigenvalue weighted by molar-refractivity contribution is 0.188. The molecular formula is C14H20N4O. The van der Waals surface area contributed by atoms with Crippen LogP contribution in [-0.2, 0) is 11.3 Å². The maximum Gasteiger partial charge on any atom is 0.206 e. The Morgan fingerprint density at radius 1 is 1.26 bits per heavy atom. The fourth-order valence-electron chi connectivity index (χ4n) is 2.57. The van der Waals surface area contributed by atoms with Gasteiger partial charge in [0, 0.05) is 39.8 Å². The van der Waals surface area contributed by atoms with E-state index in [0.29, 0.717) is 6.61 Å². The fraction of sp³-hybridized carbons (Fsp3) is 0.500. The number of methoxy groups -OCH3 is 1. The smallest absolute Gasteiger partial charge is 0.206 e. The van der Waals surface area contributed by atoms with E-state index in [1.54, 1.807) is 7.11 Å². The summed E-state index contributed by atoms with van der Waals surface area (Å²) in [6.45, 7) is 5.61. The van der Waals surface area contributed by atoms with Crippen LogP contribution < -0.4 is 10.2 Å². The second kappa shape index (κ2) is 5.59. The molecule has 1 fully saturated rings. The summed E-state index contributed by atoms with van der Waals surface area (Å²) in [6.07, 6.45) is 0. The number of para-hydroxylation sites is 2. The van der Waals surface area contributed by atoms with E-state index in [2.05, 4.69) is 33.0 Å². The maximum absolute atomic E-state index is 5.23. The van der Waals surface area contributed by atoms with E-state index in [0.717, 1.165) is 44.2 Å². The van der Waals surface area contributed by atoms with Crippen molar-refractivity contribution in [3.8, 4) is 0 Å². The van der Waals surface area contributed by atoms with Gasteiger partial charge in [0.2, 0.25) is 5.95 Å². The molecule has 0 bridgehead atoms. The van der Waals surface area contributed by atoms with Gasteiger partial charge in [-0.15, -0.1) is 0 Å². The highest BCUT2D eigenvalue weighted by molar-refractivity contribution is 5.78. The molecule has 1 aromatic carbocycles. The second-order valence-electron chi connectivity index (χ2n) is 4.78. The van der Waals surface area contributed by atoms with Gasteiger partial charge in [-0.25, -0.2) is 4.98 Å². The standard InChI is InChI=1S/C14H20N4O/c1-19-11-10-18-13-5-3-2-4-12(13)16-14(18)17-8-6-15-7-9-17/h2-5,15H,6-11H2,1H3. The predicted octanol–water partition coefficient (Wildman–Crippen LogP) is 1.09. The molecule has 0 saturated carbocycles. The highest BCUT2D eigenvalue weighted by Crippen LogP contribution is 2.22. The first-order chi connectivity index (χ1) is 9.40. The maximum atomic E-state index is 5.23. The largest absolute Gasteiger partial charge is 0.383 e. The van der Waals surface area contributed by atoms with Crippen LogP contribution in [0.4, 0.5) is 5.95 Å². The van der Waals surface area contributed by atoms with Gasteiger partial charge in [0.25, 0.3) is 0 Å². The molecule has 0 atom stereocenters. The molecule has 0 unspecified atom stereocenters. The molecule has 0 spiro atoms. The van der Waals surface area contributed by atoms with Gasteiger partial charge in [0.15, 0.2) is 0 Å². The molecule has 5 heteroatoms. The van der Waals surface area contributed by atoms with Crippen molar-refractivity contribution in [2.24, 2.45) is 0 Å². The highest BCUT2D eigenvalue weighted by Gasteiger charge is 2.18. The number of piperazine rings is 1. The molecule has 0 amide bonds. The summed E-state index contributed by atoms with van der Waals surface area (Å²) in [4.78, 5) is 7.15. The number of benzene rings is 1. The number of nitrogens with zero attached hydrogens (tertiary/aromatic N) is 3. The second-order valence-corrected chi connectivity index (χ2v) is 4.78. The van der Waals surface area contributed by atoms with Gasteiger partial charge in [-0.05, 0) is 12.1 Å². The van der Waals surface area contributed by atoms with Crippen molar-refractivity contribution in [1.29, 1.82) is 0 Å². The van der Waals surface area contributed by atoms with Crippen LogP contribution in [0.1, 0.15) is 0 Å². The predicted molar refractivity (Wildman–Crippen MR) is 76.7 cm³/mol. The number of ether oxygens (including phenoxy) is 1. The Labute approximate surface area is 113 Å². The summed E-state index contributed by atoms with van der Waals surface area (Å²) in [7, 11) is 1.74. The van der Waals surface area contributed by atoms with E-state index in [1.807, 2.05) is 6.07 Å². The fourth-order valence-corrected chi connectivity index (χ4v) is 2.57. The van der Waals surface area contributed by atoms with Crippen molar-refractivity contribution in [3.63, 3.8) is 0 Å². The molecule has 19 heavy (non-hydrogen) atoms. The summed E-state index contributed by atoms with van der Waals surface area (Å²) < 4.78 is 7.49. The van der Waals surface area contributed by atoms with Crippen LogP contribution in [0.5, 0.6) is 0 Å². The summed E-state index contributed by atoms with van der Waals surface area (Å²) in [5, 5.41) is 3.38. The Kier molecular flexibility index (Phi) is 3.66. The Hall–Kier alpha value is -1.59. The third kappa shape index (κ3) is 2.43. The molecule has 102 valence electrons. The van der Waals surface area contributed by atoms with Gasteiger partial charge in [-0.3, -0.25) is 0 Å². The Bertz CT molecular complexity index is 545. The van der Waals surface area contributed by atoms with Crippen molar-refractivity contribution in [2.75, 3.05) is 44.8 Å². The molecule has 3 rings (SSSR count). The van der Waals surface area contributed by atoms with E-state index < -0.39 is 0 Å². The number of hydrogen-bond donors (Lipinski definition) is 1. The summed E-state index contributed by atoms with van der Waals surface area (Å²) in [5.41, 5.74) is 2.25. The number of fused-ring (bicyclic) bond motifs is 1. The third-order valence-electron chi connectivity index (χ3n) is 3.55. The zero-order chi connectivity index (χ0) is 13.1. The number of anilines is 1. The summed E-state index contributed by atoms with van der Waals surface area (Å²) >= 11 is 0. The normalized spacial score (nSPS) is 16.2. The zero-order valence-corrected chi connectivity index (χ0v) is 11.3. The quantitative estimate of drug-likeness (QED) is 0.893.